The fourth-order valence-corrected chi connectivity index (χ4v) is 2.06. The monoisotopic (exact) mass is 294 g/mol. The van der Waals surface area contributed by atoms with Gasteiger partial charge in [-0.2, -0.15) is 0 Å². The normalized spacial score (nSPS) is 25.0. The summed E-state index contributed by atoms with van der Waals surface area (Å²) < 4.78 is 10.7. The van der Waals surface area contributed by atoms with Gasteiger partial charge in [-0.1, -0.05) is 32.1 Å². The summed E-state index contributed by atoms with van der Waals surface area (Å²) in [7, 11) is 0. The lowest BCUT2D eigenvalue weighted by Crippen LogP contribution is -2.19. The minimum Gasteiger partial charge on any atom is -0.462 e. The molecule has 0 aromatic rings. The van der Waals surface area contributed by atoms with E-state index in [1.165, 1.54) is 0 Å². The van der Waals surface area contributed by atoms with Crippen molar-refractivity contribution >= 4 is 11.9 Å². The molecule has 0 radical (unpaired) electrons. The second kappa shape index (κ2) is 9.37. The molecule has 0 bridgehead atoms. The molecule has 1 aliphatic rings. The number of cyclic esters (lactones) is 1. The van der Waals surface area contributed by atoms with E-state index < -0.39 is 0 Å². The van der Waals surface area contributed by atoms with Gasteiger partial charge in [-0.3, -0.25) is 4.79 Å². The summed E-state index contributed by atoms with van der Waals surface area (Å²) in [6.07, 6.45) is 8.98. The first kappa shape index (κ1) is 17.5. The molecule has 0 spiro atoms. The summed E-state index contributed by atoms with van der Waals surface area (Å²) >= 11 is 0. The van der Waals surface area contributed by atoms with Crippen molar-refractivity contribution in [3.05, 3.63) is 23.8 Å². The smallest absolute Gasteiger partial charge is 0.333 e. The molecule has 0 saturated heterocycles. The predicted molar refractivity (Wildman–Crippen MR) is 81.7 cm³/mol. The van der Waals surface area contributed by atoms with Gasteiger partial charge in [-0.05, 0) is 32.1 Å². The Labute approximate surface area is 127 Å². The largest absolute Gasteiger partial charge is 0.462 e. The minimum atomic E-state index is -0.266. The number of allylic oxidation sites excluding steroid dienone is 1. The SMILES string of the molecule is C/C1=C/CCC(OC(=O)CC(C)C)C/C=C\CCOC1=O. The van der Waals surface area contributed by atoms with Gasteiger partial charge in [-0.25, -0.2) is 4.79 Å². The summed E-state index contributed by atoms with van der Waals surface area (Å²) in [5, 5.41) is 0. The van der Waals surface area contributed by atoms with Crippen molar-refractivity contribution in [2.24, 2.45) is 5.92 Å². The number of carbonyl (C=O) groups excluding carboxylic acids is 2. The Bertz CT molecular complexity index is 407. The molecule has 1 unspecified atom stereocenters. The number of rotatable bonds is 3. The van der Waals surface area contributed by atoms with E-state index in [1.807, 2.05) is 32.1 Å². The Hall–Kier alpha value is -1.58. The van der Waals surface area contributed by atoms with Crippen molar-refractivity contribution in [3.63, 3.8) is 0 Å². The van der Waals surface area contributed by atoms with Crippen LogP contribution in [0.15, 0.2) is 23.8 Å². The maximum Gasteiger partial charge on any atom is 0.333 e. The van der Waals surface area contributed by atoms with Gasteiger partial charge in [0.05, 0.1) is 6.61 Å². The third kappa shape index (κ3) is 7.69. The molecule has 21 heavy (non-hydrogen) atoms. The van der Waals surface area contributed by atoms with E-state index in [2.05, 4.69) is 0 Å². The van der Waals surface area contributed by atoms with Crippen LogP contribution in [0.3, 0.4) is 0 Å². The van der Waals surface area contributed by atoms with Crippen molar-refractivity contribution in [1.29, 1.82) is 0 Å². The molecule has 0 N–H and O–H groups in total. The average Bonchev–Trinajstić information content (AvgIpc) is 2.39. The molecule has 1 heterocycles. The molecular formula is C17H26O4. The van der Waals surface area contributed by atoms with Crippen molar-refractivity contribution in [1.82, 2.24) is 0 Å². The topological polar surface area (TPSA) is 52.6 Å². The molecule has 0 aromatic heterocycles. The molecule has 118 valence electrons. The standard InChI is InChI=1S/C17H26O4/c1-13(2)12-16(18)21-15-9-5-4-6-11-20-17(19)14(3)8-7-10-15/h4-5,8,13,15H,6-7,9-12H2,1-3H3/b5-4-,14-8-. The van der Waals surface area contributed by atoms with Crippen LogP contribution in [-0.2, 0) is 19.1 Å². The van der Waals surface area contributed by atoms with E-state index in [4.69, 9.17) is 9.47 Å². The van der Waals surface area contributed by atoms with Crippen LogP contribution in [0, 0.1) is 5.92 Å². The molecule has 0 fully saturated rings. The van der Waals surface area contributed by atoms with E-state index in [-0.39, 0.29) is 18.0 Å². The van der Waals surface area contributed by atoms with Gasteiger partial charge in [0.2, 0.25) is 0 Å². The summed E-state index contributed by atoms with van der Waals surface area (Å²) in [5.41, 5.74) is 0.617. The molecule has 4 heteroatoms. The molecule has 0 aromatic carbocycles. The first-order chi connectivity index (χ1) is 9.99. The fourth-order valence-electron chi connectivity index (χ4n) is 2.06. The Balaban J connectivity index is 2.60. The zero-order chi connectivity index (χ0) is 15.7. The van der Waals surface area contributed by atoms with Crippen LogP contribution >= 0.6 is 0 Å². The van der Waals surface area contributed by atoms with Gasteiger partial charge in [-0.15, -0.1) is 0 Å². The highest BCUT2D eigenvalue weighted by atomic mass is 16.5. The van der Waals surface area contributed by atoms with Gasteiger partial charge < -0.3 is 9.47 Å². The predicted octanol–water partition coefficient (Wildman–Crippen LogP) is 3.56. The first-order valence-electron chi connectivity index (χ1n) is 7.67. The van der Waals surface area contributed by atoms with E-state index in [9.17, 15) is 9.59 Å². The lowest BCUT2D eigenvalue weighted by atomic mass is 10.1. The Morgan fingerprint density at radius 3 is 2.86 bits per heavy atom. The third-order valence-electron chi connectivity index (χ3n) is 3.22. The zero-order valence-electron chi connectivity index (χ0n) is 13.3. The van der Waals surface area contributed by atoms with Crippen LogP contribution in [0.1, 0.15) is 52.9 Å². The van der Waals surface area contributed by atoms with Crippen molar-refractivity contribution in [3.8, 4) is 0 Å². The number of esters is 2. The summed E-state index contributed by atoms with van der Waals surface area (Å²) in [6.45, 7) is 6.14. The second-order valence-electron chi connectivity index (χ2n) is 5.81. The molecule has 0 amide bonds. The lowest BCUT2D eigenvalue weighted by Gasteiger charge is -2.17. The molecule has 1 aliphatic heterocycles. The highest BCUT2D eigenvalue weighted by Gasteiger charge is 2.15. The Kier molecular flexibility index (Phi) is 7.80. The molecule has 4 nitrogen and oxygen atoms in total. The van der Waals surface area contributed by atoms with Crippen molar-refractivity contribution < 1.29 is 19.1 Å². The van der Waals surface area contributed by atoms with E-state index >= 15 is 0 Å². The molecule has 1 atom stereocenters. The lowest BCUT2D eigenvalue weighted by molar-refractivity contribution is -0.150. The van der Waals surface area contributed by atoms with Gasteiger partial charge in [0, 0.05) is 18.4 Å². The van der Waals surface area contributed by atoms with Gasteiger partial charge in [0.25, 0.3) is 0 Å². The Morgan fingerprint density at radius 1 is 1.38 bits per heavy atom. The maximum atomic E-state index is 11.8. The number of hydrogen-bond acceptors (Lipinski definition) is 4. The molecule has 1 rings (SSSR count). The highest BCUT2D eigenvalue weighted by molar-refractivity contribution is 5.87. The Morgan fingerprint density at radius 2 is 2.14 bits per heavy atom. The van der Waals surface area contributed by atoms with Gasteiger partial charge >= 0.3 is 11.9 Å². The molecule has 0 saturated carbocycles. The van der Waals surface area contributed by atoms with E-state index in [0.29, 0.717) is 43.8 Å². The zero-order valence-corrected chi connectivity index (χ0v) is 13.3. The second-order valence-corrected chi connectivity index (χ2v) is 5.81. The molecular weight excluding hydrogens is 268 g/mol. The van der Waals surface area contributed by atoms with Crippen LogP contribution in [0.2, 0.25) is 0 Å². The van der Waals surface area contributed by atoms with Crippen LogP contribution in [-0.4, -0.2) is 24.6 Å². The number of carbonyl (C=O) groups is 2. The molecule has 0 aliphatic carbocycles. The van der Waals surface area contributed by atoms with Crippen molar-refractivity contribution in [2.75, 3.05) is 6.61 Å². The van der Waals surface area contributed by atoms with E-state index in [0.717, 1.165) is 6.42 Å². The third-order valence-corrected chi connectivity index (χ3v) is 3.22. The van der Waals surface area contributed by atoms with E-state index in [1.54, 1.807) is 6.92 Å². The summed E-state index contributed by atoms with van der Waals surface area (Å²) in [4.78, 5) is 23.4. The summed E-state index contributed by atoms with van der Waals surface area (Å²) in [5.74, 6) is -0.107. The number of hydrogen-bond donors (Lipinski definition) is 0. The summed E-state index contributed by atoms with van der Waals surface area (Å²) in [6, 6.07) is 0. The van der Waals surface area contributed by atoms with Crippen LogP contribution < -0.4 is 0 Å². The quantitative estimate of drug-likeness (QED) is 0.590. The van der Waals surface area contributed by atoms with Gasteiger partial charge in [0.1, 0.15) is 6.10 Å². The highest BCUT2D eigenvalue weighted by Crippen LogP contribution is 2.14. The van der Waals surface area contributed by atoms with Crippen LogP contribution in [0.5, 0.6) is 0 Å². The fraction of sp³-hybridized carbons (Fsp3) is 0.647. The van der Waals surface area contributed by atoms with Crippen LogP contribution in [0.4, 0.5) is 0 Å². The van der Waals surface area contributed by atoms with Crippen LogP contribution in [0.25, 0.3) is 0 Å². The first-order valence-corrected chi connectivity index (χ1v) is 7.67. The maximum absolute atomic E-state index is 11.8. The average molecular weight is 294 g/mol. The van der Waals surface area contributed by atoms with Crippen molar-refractivity contribution in [2.45, 2.75) is 59.0 Å². The van der Waals surface area contributed by atoms with Gasteiger partial charge in [0.15, 0.2) is 0 Å². The number of ether oxygens (including phenoxy) is 2. The minimum absolute atomic E-state index is 0.119.